The lowest BCUT2D eigenvalue weighted by molar-refractivity contribution is -0.131. The number of carbonyl (C=O) groups is 1. The zero-order chi connectivity index (χ0) is 11.5. The van der Waals surface area contributed by atoms with E-state index in [-0.39, 0.29) is 5.82 Å². The van der Waals surface area contributed by atoms with Crippen LogP contribution in [0.4, 0.5) is 4.39 Å². The number of fused-ring (bicyclic) bond motifs is 1. The summed E-state index contributed by atoms with van der Waals surface area (Å²) in [5, 5.41) is 9.56. The van der Waals surface area contributed by atoms with Gasteiger partial charge in [0.25, 0.3) is 0 Å². The highest BCUT2D eigenvalue weighted by atomic mass is 19.1. The average Bonchev–Trinajstić information content (AvgIpc) is 2.28. The number of halogens is 1. The molecule has 4 heteroatoms. The molecular weight excluding hydrogens is 209 g/mol. The minimum atomic E-state index is -1.04. The molecule has 0 aliphatic carbocycles. The van der Waals surface area contributed by atoms with Crippen molar-refractivity contribution < 1.29 is 14.3 Å². The molecule has 16 heavy (non-hydrogen) atoms. The highest BCUT2D eigenvalue weighted by Crippen LogP contribution is 2.21. The van der Waals surface area contributed by atoms with Crippen molar-refractivity contribution in [3.8, 4) is 0 Å². The second-order valence-corrected chi connectivity index (χ2v) is 3.23. The maximum Gasteiger partial charge on any atom is 0.328 e. The highest BCUT2D eigenvalue weighted by Gasteiger charge is 2.03. The fourth-order valence-corrected chi connectivity index (χ4v) is 1.48. The van der Waals surface area contributed by atoms with Crippen LogP contribution in [-0.4, -0.2) is 16.1 Å². The number of carboxylic acid groups (broad SMARTS) is 1. The Morgan fingerprint density at radius 3 is 2.88 bits per heavy atom. The second kappa shape index (κ2) is 4.10. The molecule has 1 N–H and O–H groups in total. The van der Waals surface area contributed by atoms with Crippen molar-refractivity contribution in [2.75, 3.05) is 0 Å². The maximum absolute atomic E-state index is 13.4. The van der Waals surface area contributed by atoms with E-state index in [9.17, 15) is 9.18 Å². The summed E-state index contributed by atoms with van der Waals surface area (Å²) in [6.45, 7) is 0. The molecule has 0 aliphatic rings. The number of nitrogens with zero attached hydrogens (tertiary/aromatic N) is 1. The van der Waals surface area contributed by atoms with E-state index in [1.54, 1.807) is 6.07 Å². The molecule has 0 radical (unpaired) electrons. The summed E-state index contributed by atoms with van der Waals surface area (Å²) in [5.41, 5.74) is 0.631. The molecule has 0 bridgehead atoms. The first kappa shape index (κ1) is 10.3. The predicted molar refractivity (Wildman–Crippen MR) is 58.4 cm³/mol. The van der Waals surface area contributed by atoms with Crippen molar-refractivity contribution >= 4 is 22.8 Å². The Morgan fingerprint density at radius 2 is 2.12 bits per heavy atom. The van der Waals surface area contributed by atoms with Crippen LogP contribution in [0.25, 0.3) is 16.8 Å². The molecule has 2 rings (SSSR count). The normalized spacial score (nSPS) is 11.1. The molecule has 3 nitrogen and oxygen atoms in total. The van der Waals surface area contributed by atoms with Crippen molar-refractivity contribution in [1.82, 2.24) is 4.98 Å². The predicted octanol–water partition coefficient (Wildman–Crippen LogP) is 2.47. The second-order valence-electron chi connectivity index (χ2n) is 3.23. The van der Waals surface area contributed by atoms with Crippen LogP contribution in [0.15, 0.2) is 36.7 Å². The lowest BCUT2D eigenvalue weighted by Gasteiger charge is -2.02. The molecule has 80 valence electrons. The SMILES string of the molecule is O=C(O)/C=C/c1ccc(F)c2ccncc12. The third-order valence-electron chi connectivity index (χ3n) is 2.20. The van der Waals surface area contributed by atoms with Crippen LogP contribution >= 0.6 is 0 Å². The zero-order valence-corrected chi connectivity index (χ0v) is 8.22. The summed E-state index contributed by atoms with van der Waals surface area (Å²) in [7, 11) is 0. The minimum Gasteiger partial charge on any atom is -0.478 e. The van der Waals surface area contributed by atoms with E-state index >= 15 is 0 Å². The van der Waals surface area contributed by atoms with Gasteiger partial charge in [-0.1, -0.05) is 6.07 Å². The van der Waals surface area contributed by atoms with E-state index < -0.39 is 5.97 Å². The summed E-state index contributed by atoms with van der Waals surface area (Å²) >= 11 is 0. The molecule has 0 spiro atoms. The van der Waals surface area contributed by atoms with Gasteiger partial charge in [0.2, 0.25) is 0 Å². The molecule has 0 unspecified atom stereocenters. The van der Waals surface area contributed by atoms with E-state index in [0.29, 0.717) is 16.3 Å². The Morgan fingerprint density at radius 1 is 1.31 bits per heavy atom. The molecule has 0 amide bonds. The Balaban J connectivity index is 2.63. The standard InChI is InChI=1S/C12H8FNO2/c13-11-3-1-8(2-4-12(15)16)10-7-14-6-5-9(10)11/h1-7H,(H,15,16)/b4-2+. The first-order chi connectivity index (χ1) is 7.68. The monoisotopic (exact) mass is 217 g/mol. The Bertz CT molecular complexity index is 578. The lowest BCUT2D eigenvalue weighted by atomic mass is 10.1. The minimum absolute atomic E-state index is 0.343. The molecular formula is C12H8FNO2. The van der Waals surface area contributed by atoms with Crippen molar-refractivity contribution in [1.29, 1.82) is 0 Å². The highest BCUT2D eigenvalue weighted by molar-refractivity contribution is 5.94. The van der Waals surface area contributed by atoms with Gasteiger partial charge in [0, 0.05) is 29.2 Å². The Hall–Kier alpha value is -2.23. The zero-order valence-electron chi connectivity index (χ0n) is 8.22. The van der Waals surface area contributed by atoms with Gasteiger partial charge in [0.15, 0.2) is 0 Å². The molecule has 0 atom stereocenters. The smallest absolute Gasteiger partial charge is 0.328 e. The average molecular weight is 217 g/mol. The molecule has 0 saturated carbocycles. The van der Waals surface area contributed by atoms with Gasteiger partial charge >= 0.3 is 5.97 Å². The molecule has 0 fully saturated rings. The van der Waals surface area contributed by atoms with Crippen LogP contribution in [0.2, 0.25) is 0 Å². The van der Waals surface area contributed by atoms with Gasteiger partial charge in [-0.15, -0.1) is 0 Å². The van der Waals surface area contributed by atoms with Crippen molar-refractivity contribution in [2.45, 2.75) is 0 Å². The van der Waals surface area contributed by atoms with E-state index in [2.05, 4.69) is 4.98 Å². The molecule has 2 aromatic rings. The number of carboxylic acids is 1. The Labute approximate surface area is 90.9 Å². The van der Waals surface area contributed by atoms with Gasteiger partial charge in [0.1, 0.15) is 5.82 Å². The summed E-state index contributed by atoms with van der Waals surface area (Å²) < 4.78 is 13.4. The Kier molecular flexibility index (Phi) is 2.64. The summed E-state index contributed by atoms with van der Waals surface area (Å²) in [4.78, 5) is 14.3. The van der Waals surface area contributed by atoms with Crippen molar-refractivity contribution in [3.63, 3.8) is 0 Å². The topological polar surface area (TPSA) is 50.2 Å². The van der Waals surface area contributed by atoms with E-state index in [0.717, 1.165) is 6.08 Å². The number of rotatable bonds is 2. The van der Waals surface area contributed by atoms with Gasteiger partial charge in [-0.2, -0.15) is 0 Å². The number of hydrogen-bond donors (Lipinski definition) is 1. The van der Waals surface area contributed by atoms with Crippen LogP contribution in [0.1, 0.15) is 5.56 Å². The first-order valence-corrected chi connectivity index (χ1v) is 4.62. The number of benzene rings is 1. The molecule has 0 saturated heterocycles. The third kappa shape index (κ3) is 1.91. The van der Waals surface area contributed by atoms with Gasteiger partial charge < -0.3 is 5.11 Å². The largest absolute Gasteiger partial charge is 0.478 e. The van der Waals surface area contributed by atoms with Gasteiger partial charge in [-0.3, -0.25) is 4.98 Å². The summed E-state index contributed by atoms with van der Waals surface area (Å²) in [5.74, 6) is -1.38. The van der Waals surface area contributed by atoms with Crippen LogP contribution in [0, 0.1) is 5.82 Å². The van der Waals surface area contributed by atoms with Gasteiger partial charge in [-0.25, -0.2) is 9.18 Å². The van der Waals surface area contributed by atoms with E-state index in [4.69, 9.17) is 5.11 Å². The van der Waals surface area contributed by atoms with Crippen LogP contribution < -0.4 is 0 Å². The lowest BCUT2D eigenvalue weighted by Crippen LogP contribution is -1.88. The van der Waals surface area contributed by atoms with Crippen molar-refractivity contribution in [3.05, 3.63) is 48.0 Å². The summed E-state index contributed by atoms with van der Waals surface area (Å²) in [6, 6.07) is 4.39. The van der Waals surface area contributed by atoms with E-state index in [1.807, 2.05) is 0 Å². The molecule has 1 aromatic heterocycles. The van der Waals surface area contributed by atoms with Crippen LogP contribution in [0.5, 0.6) is 0 Å². The fraction of sp³-hybridized carbons (Fsp3) is 0. The maximum atomic E-state index is 13.4. The van der Waals surface area contributed by atoms with Crippen molar-refractivity contribution in [2.24, 2.45) is 0 Å². The van der Waals surface area contributed by atoms with Gasteiger partial charge in [0.05, 0.1) is 0 Å². The quantitative estimate of drug-likeness (QED) is 0.786. The molecule has 0 aliphatic heterocycles. The fourth-order valence-electron chi connectivity index (χ4n) is 1.48. The van der Waals surface area contributed by atoms with Crippen LogP contribution in [-0.2, 0) is 4.79 Å². The number of aromatic nitrogens is 1. The first-order valence-electron chi connectivity index (χ1n) is 4.62. The van der Waals surface area contributed by atoms with E-state index in [1.165, 1.54) is 30.6 Å². The number of pyridine rings is 1. The third-order valence-corrected chi connectivity index (χ3v) is 2.20. The van der Waals surface area contributed by atoms with Crippen LogP contribution in [0.3, 0.4) is 0 Å². The molecule has 1 aromatic carbocycles. The summed E-state index contributed by atoms with van der Waals surface area (Å²) in [6.07, 6.45) is 5.45. The van der Waals surface area contributed by atoms with Gasteiger partial charge in [-0.05, 0) is 23.8 Å². The number of aliphatic carboxylic acids is 1. The molecule has 1 heterocycles. The number of hydrogen-bond acceptors (Lipinski definition) is 2.